The molecule has 1 aromatic heterocycles. The van der Waals surface area contributed by atoms with Crippen molar-refractivity contribution >= 4 is 27.5 Å². The number of rotatable bonds is 5. The summed E-state index contributed by atoms with van der Waals surface area (Å²) in [6.07, 6.45) is 2.78. The number of ether oxygens (including phenoxy) is 1. The molecular weight excluding hydrogens is 581 g/mol. The summed E-state index contributed by atoms with van der Waals surface area (Å²) >= 11 is 0. The molecule has 4 saturated heterocycles. The lowest BCUT2D eigenvalue weighted by Gasteiger charge is -2.37. The molecular formula is C32H30F5N5O2. The topological polar surface area (TPSA) is 73.8 Å². The summed E-state index contributed by atoms with van der Waals surface area (Å²) in [6.45, 7) is 2.58. The first kappa shape index (κ1) is 27.8. The van der Waals surface area contributed by atoms with E-state index >= 15 is 13.2 Å². The van der Waals surface area contributed by atoms with Crippen LogP contribution in [0.15, 0.2) is 30.3 Å². The molecule has 0 aliphatic carbocycles. The smallest absolute Gasteiger partial charge is 0.319 e. The van der Waals surface area contributed by atoms with Crippen LogP contribution in [-0.4, -0.2) is 76.6 Å². The van der Waals surface area contributed by atoms with Crippen LogP contribution in [-0.2, 0) is 0 Å². The molecule has 0 amide bonds. The predicted octanol–water partition coefficient (Wildman–Crippen LogP) is 5.61. The summed E-state index contributed by atoms with van der Waals surface area (Å²) in [7, 11) is 0. The van der Waals surface area contributed by atoms with Gasteiger partial charge in [0.05, 0.1) is 11.1 Å². The summed E-state index contributed by atoms with van der Waals surface area (Å²) in [5.41, 5.74) is -1.75. The molecule has 3 unspecified atom stereocenters. The second kappa shape index (κ2) is 10.1. The number of alkyl halides is 1. The van der Waals surface area contributed by atoms with Crippen LogP contribution in [0.2, 0.25) is 0 Å². The van der Waals surface area contributed by atoms with Crippen molar-refractivity contribution in [2.75, 3.05) is 37.7 Å². The fourth-order valence-corrected chi connectivity index (χ4v) is 8.02. The van der Waals surface area contributed by atoms with Crippen LogP contribution in [0.25, 0.3) is 32.8 Å². The van der Waals surface area contributed by atoms with Gasteiger partial charge in [-0.2, -0.15) is 9.97 Å². The minimum absolute atomic E-state index is 0.0450. The van der Waals surface area contributed by atoms with E-state index < -0.39 is 40.5 Å². The van der Waals surface area contributed by atoms with Crippen LogP contribution in [0, 0.1) is 23.3 Å². The van der Waals surface area contributed by atoms with Gasteiger partial charge in [-0.05, 0) is 61.9 Å². The average molecular weight is 612 g/mol. The van der Waals surface area contributed by atoms with Crippen LogP contribution in [0.1, 0.15) is 32.1 Å². The van der Waals surface area contributed by atoms with Gasteiger partial charge in [0.2, 0.25) is 0 Å². The molecule has 4 aliphatic rings. The number of hydrogen-bond acceptors (Lipinski definition) is 7. The van der Waals surface area contributed by atoms with E-state index in [1.54, 1.807) is 0 Å². The van der Waals surface area contributed by atoms with Gasteiger partial charge in [-0.25, -0.2) is 22.0 Å². The van der Waals surface area contributed by atoms with Gasteiger partial charge >= 0.3 is 6.01 Å². The molecule has 7 nitrogen and oxygen atoms in total. The quantitative estimate of drug-likeness (QED) is 0.285. The van der Waals surface area contributed by atoms with Crippen molar-refractivity contribution in [2.24, 2.45) is 0 Å². The van der Waals surface area contributed by atoms with E-state index in [4.69, 9.17) is 9.72 Å². The highest BCUT2D eigenvalue weighted by Gasteiger charge is 2.49. The Hall–Kier alpha value is -3.77. The normalized spacial score (nSPS) is 26.7. The molecule has 230 valence electrons. The van der Waals surface area contributed by atoms with Crippen molar-refractivity contribution in [3.05, 3.63) is 53.6 Å². The van der Waals surface area contributed by atoms with E-state index in [1.165, 1.54) is 12.1 Å². The second-order valence-corrected chi connectivity index (χ2v) is 12.5. The lowest BCUT2D eigenvalue weighted by Crippen LogP contribution is -2.52. The Morgan fingerprint density at radius 1 is 1.00 bits per heavy atom. The zero-order valence-electron chi connectivity index (χ0n) is 23.7. The summed E-state index contributed by atoms with van der Waals surface area (Å²) in [6, 6.07) is 5.41. The number of fused-ring (bicyclic) bond motifs is 5. The number of phenols is 1. The molecule has 4 fully saturated rings. The third-order valence-corrected chi connectivity index (χ3v) is 9.96. The van der Waals surface area contributed by atoms with Crippen molar-refractivity contribution in [3.63, 3.8) is 0 Å². The first-order valence-electron chi connectivity index (χ1n) is 15.0. The van der Waals surface area contributed by atoms with Crippen molar-refractivity contribution in [2.45, 2.75) is 55.9 Å². The molecule has 0 saturated carbocycles. The monoisotopic (exact) mass is 611 g/mol. The summed E-state index contributed by atoms with van der Waals surface area (Å²) in [5, 5.41) is 13.6. The van der Waals surface area contributed by atoms with Gasteiger partial charge in [0.15, 0.2) is 17.5 Å². The van der Waals surface area contributed by atoms with Gasteiger partial charge in [0.25, 0.3) is 0 Å². The molecule has 4 atom stereocenters. The average Bonchev–Trinajstić information content (AvgIpc) is 3.60. The summed E-state index contributed by atoms with van der Waals surface area (Å²) in [5.74, 6) is -4.67. The number of benzene rings is 3. The number of hydrogen-bond donors (Lipinski definition) is 2. The summed E-state index contributed by atoms with van der Waals surface area (Å²) < 4.78 is 82.7. The largest absolute Gasteiger partial charge is 0.508 e. The SMILES string of the molecule is Oc1cc(-c2c(F)cc3c(N4C5CCC4CNC5)nc(OCC45CCCN4C[C@H](F)C5)nc3c2F)c2c(F)c(F)ccc2c1. The number of phenolic OH excluding ortho intramolecular Hbond substituents is 1. The summed E-state index contributed by atoms with van der Waals surface area (Å²) in [4.78, 5) is 13.3. The number of anilines is 1. The molecule has 0 radical (unpaired) electrons. The number of aromatic nitrogens is 2. The van der Waals surface area contributed by atoms with Crippen molar-refractivity contribution in [3.8, 4) is 22.9 Å². The second-order valence-electron chi connectivity index (χ2n) is 12.5. The fraction of sp³-hybridized carbons (Fsp3) is 0.438. The zero-order valence-corrected chi connectivity index (χ0v) is 23.7. The highest BCUT2D eigenvalue weighted by Crippen LogP contribution is 2.44. The standard InChI is InChI=1S/C32H30F5N5O2/c33-17-11-32(6-1-7-41(32)14-17)15-44-31-39-29-22(30(40-31)42-18-3-4-19(42)13-38-12-18)10-24(35)26(28(29)37)21-9-20(43)8-16-2-5-23(34)27(36)25(16)21/h2,5,8-10,17-19,38,43H,1,3-4,6-7,11-15H2/t17-,18?,19?,32?/m1/s1. The first-order valence-corrected chi connectivity index (χ1v) is 15.0. The number of piperazine rings is 1. The lowest BCUT2D eigenvalue weighted by molar-refractivity contribution is 0.107. The Morgan fingerprint density at radius 3 is 2.59 bits per heavy atom. The minimum Gasteiger partial charge on any atom is -0.508 e. The first-order chi connectivity index (χ1) is 21.2. The molecule has 0 spiro atoms. The van der Waals surface area contributed by atoms with Crippen molar-refractivity contribution < 1.29 is 31.8 Å². The van der Waals surface area contributed by atoms with Crippen LogP contribution in [0.4, 0.5) is 27.8 Å². The van der Waals surface area contributed by atoms with E-state index in [2.05, 4.69) is 20.1 Å². The molecule has 4 aromatic rings. The maximum Gasteiger partial charge on any atom is 0.319 e. The Balaban J connectivity index is 1.31. The van der Waals surface area contributed by atoms with E-state index in [-0.39, 0.29) is 57.7 Å². The fourth-order valence-electron chi connectivity index (χ4n) is 8.02. The third-order valence-electron chi connectivity index (χ3n) is 9.96. The van der Waals surface area contributed by atoms with E-state index in [9.17, 15) is 13.9 Å². The lowest BCUT2D eigenvalue weighted by atomic mass is 9.95. The van der Waals surface area contributed by atoms with Gasteiger partial charge < -0.3 is 20.1 Å². The van der Waals surface area contributed by atoms with Crippen LogP contribution in [0.5, 0.6) is 11.8 Å². The Bertz CT molecular complexity index is 1810. The highest BCUT2D eigenvalue weighted by atomic mass is 19.2. The van der Waals surface area contributed by atoms with Crippen molar-refractivity contribution in [1.82, 2.24) is 20.2 Å². The maximum absolute atomic E-state index is 16.7. The molecule has 44 heavy (non-hydrogen) atoms. The molecule has 2 bridgehead atoms. The van der Waals surface area contributed by atoms with E-state index in [1.807, 2.05) is 0 Å². The van der Waals surface area contributed by atoms with Crippen LogP contribution in [0.3, 0.4) is 0 Å². The van der Waals surface area contributed by atoms with Crippen LogP contribution >= 0.6 is 0 Å². The number of nitrogens with zero attached hydrogens (tertiary/aromatic N) is 4. The Labute approximate surface area is 249 Å². The third kappa shape index (κ3) is 4.21. The van der Waals surface area contributed by atoms with Gasteiger partial charge in [0, 0.05) is 54.5 Å². The molecule has 12 heteroatoms. The van der Waals surface area contributed by atoms with Crippen LogP contribution < -0.4 is 15.0 Å². The molecule has 5 heterocycles. The number of nitrogens with one attached hydrogen (secondary N) is 1. The van der Waals surface area contributed by atoms with Gasteiger partial charge in [-0.15, -0.1) is 0 Å². The predicted molar refractivity (Wildman–Crippen MR) is 155 cm³/mol. The minimum atomic E-state index is -1.29. The molecule has 3 aromatic carbocycles. The van der Waals surface area contributed by atoms with Gasteiger partial charge in [-0.1, -0.05) is 6.07 Å². The molecule has 8 rings (SSSR count). The Morgan fingerprint density at radius 2 is 1.80 bits per heavy atom. The molecule has 2 N–H and O–H groups in total. The highest BCUT2D eigenvalue weighted by molar-refractivity contribution is 6.02. The van der Waals surface area contributed by atoms with E-state index in [0.717, 1.165) is 50.4 Å². The van der Waals surface area contributed by atoms with E-state index in [0.29, 0.717) is 31.9 Å². The van der Waals surface area contributed by atoms with Crippen molar-refractivity contribution in [1.29, 1.82) is 0 Å². The number of aromatic hydroxyl groups is 1. The number of halogens is 5. The van der Waals surface area contributed by atoms with Gasteiger partial charge in [0.1, 0.15) is 35.7 Å². The molecule has 4 aliphatic heterocycles. The Kier molecular flexibility index (Phi) is 6.39. The maximum atomic E-state index is 16.7. The van der Waals surface area contributed by atoms with Gasteiger partial charge in [-0.3, -0.25) is 4.90 Å². The zero-order chi connectivity index (χ0) is 30.3.